The smallest absolute Gasteiger partial charge is 0.252 e. The van der Waals surface area contributed by atoms with E-state index < -0.39 is 0 Å². The Bertz CT molecular complexity index is 888. The van der Waals surface area contributed by atoms with Crippen LogP contribution in [-0.4, -0.2) is 32.2 Å². The van der Waals surface area contributed by atoms with E-state index in [9.17, 15) is 4.79 Å². The van der Waals surface area contributed by atoms with Gasteiger partial charge in [0.05, 0.1) is 12.1 Å². The van der Waals surface area contributed by atoms with E-state index in [-0.39, 0.29) is 11.3 Å². The standard InChI is InChI=1S/C23H34N6O/c1-22(2)10-6-11-23(3,15-22)16-26-21(30)17-8-9-18(24-13-17)25-14-20-28-27-19-7-4-5-12-29(19)20/h8-9,13H,4-7,10-12,14-16H2,1-3H3,(H,24,25)(H,26,30). The van der Waals surface area contributed by atoms with Gasteiger partial charge in [0.15, 0.2) is 5.82 Å². The van der Waals surface area contributed by atoms with Gasteiger partial charge in [0.1, 0.15) is 11.6 Å². The number of aromatic nitrogens is 4. The van der Waals surface area contributed by atoms with Gasteiger partial charge in [-0.3, -0.25) is 4.79 Å². The van der Waals surface area contributed by atoms with E-state index in [4.69, 9.17) is 0 Å². The molecule has 0 bridgehead atoms. The van der Waals surface area contributed by atoms with Gasteiger partial charge < -0.3 is 15.2 Å². The molecule has 1 saturated carbocycles. The van der Waals surface area contributed by atoms with Gasteiger partial charge in [0, 0.05) is 25.7 Å². The molecular formula is C23H34N6O. The summed E-state index contributed by atoms with van der Waals surface area (Å²) in [5, 5.41) is 15.0. The molecule has 162 valence electrons. The Kier molecular flexibility index (Phi) is 5.80. The Labute approximate surface area is 179 Å². The van der Waals surface area contributed by atoms with Gasteiger partial charge in [-0.2, -0.15) is 0 Å². The molecule has 2 aliphatic rings. The number of pyridine rings is 1. The molecule has 0 aromatic carbocycles. The predicted octanol–water partition coefficient (Wildman–Crippen LogP) is 3.96. The molecule has 1 fully saturated rings. The van der Waals surface area contributed by atoms with Crippen LogP contribution >= 0.6 is 0 Å². The molecular weight excluding hydrogens is 376 g/mol. The van der Waals surface area contributed by atoms with Crippen molar-refractivity contribution in [1.82, 2.24) is 25.1 Å². The minimum atomic E-state index is -0.0508. The molecule has 0 saturated heterocycles. The molecule has 30 heavy (non-hydrogen) atoms. The number of fused-ring (bicyclic) bond motifs is 1. The van der Waals surface area contributed by atoms with E-state index in [1.165, 1.54) is 32.1 Å². The topological polar surface area (TPSA) is 84.7 Å². The SMILES string of the molecule is CC1(C)CCCC(C)(CNC(=O)c2ccc(NCc3nnc4n3CCCC4)nc2)C1. The van der Waals surface area contributed by atoms with Crippen LogP contribution < -0.4 is 10.6 Å². The summed E-state index contributed by atoms with van der Waals surface area (Å²) in [5.74, 6) is 2.70. The van der Waals surface area contributed by atoms with Gasteiger partial charge in [0.25, 0.3) is 5.91 Å². The maximum absolute atomic E-state index is 12.6. The lowest BCUT2D eigenvalue weighted by Crippen LogP contribution is -2.41. The molecule has 7 nitrogen and oxygen atoms in total. The van der Waals surface area contributed by atoms with Crippen LogP contribution in [0.4, 0.5) is 5.82 Å². The van der Waals surface area contributed by atoms with Crippen molar-refractivity contribution in [2.75, 3.05) is 11.9 Å². The number of anilines is 1. The van der Waals surface area contributed by atoms with Gasteiger partial charge >= 0.3 is 0 Å². The number of nitrogens with zero attached hydrogens (tertiary/aromatic N) is 4. The van der Waals surface area contributed by atoms with Crippen LogP contribution in [0.3, 0.4) is 0 Å². The molecule has 3 heterocycles. The Balaban J connectivity index is 1.30. The van der Waals surface area contributed by atoms with Crippen LogP contribution in [0, 0.1) is 10.8 Å². The van der Waals surface area contributed by atoms with Gasteiger partial charge in [-0.25, -0.2) is 4.98 Å². The summed E-state index contributed by atoms with van der Waals surface area (Å²) in [5.41, 5.74) is 1.12. The number of carbonyl (C=O) groups excluding carboxylic acids is 1. The molecule has 1 aliphatic heterocycles. The van der Waals surface area contributed by atoms with Gasteiger partial charge in [-0.15, -0.1) is 10.2 Å². The zero-order valence-corrected chi connectivity index (χ0v) is 18.5. The summed E-state index contributed by atoms with van der Waals surface area (Å²) in [6.07, 6.45) is 9.83. The number of hydrogen-bond acceptors (Lipinski definition) is 5. The van der Waals surface area contributed by atoms with E-state index >= 15 is 0 Å². The first-order chi connectivity index (χ1) is 14.3. The summed E-state index contributed by atoms with van der Waals surface area (Å²) in [6, 6.07) is 3.69. The van der Waals surface area contributed by atoms with Crippen LogP contribution in [0.15, 0.2) is 18.3 Å². The average molecular weight is 411 g/mol. The number of aryl methyl sites for hydroxylation is 1. The van der Waals surface area contributed by atoms with Gasteiger partial charge in [-0.1, -0.05) is 27.2 Å². The maximum atomic E-state index is 12.6. The third-order valence-corrected chi connectivity index (χ3v) is 6.60. The molecule has 2 aromatic rings. The zero-order valence-electron chi connectivity index (χ0n) is 18.5. The second-order valence-electron chi connectivity index (χ2n) is 10.1. The van der Waals surface area contributed by atoms with Crippen LogP contribution in [0.1, 0.15) is 81.3 Å². The summed E-state index contributed by atoms with van der Waals surface area (Å²) in [7, 11) is 0. The Hall–Kier alpha value is -2.44. The third kappa shape index (κ3) is 4.82. The number of hydrogen-bond donors (Lipinski definition) is 2. The Morgan fingerprint density at radius 1 is 1.13 bits per heavy atom. The van der Waals surface area contributed by atoms with Crippen molar-refractivity contribution in [2.45, 2.75) is 78.8 Å². The van der Waals surface area contributed by atoms with E-state index in [0.29, 0.717) is 24.1 Å². The van der Waals surface area contributed by atoms with Crippen molar-refractivity contribution in [3.8, 4) is 0 Å². The van der Waals surface area contributed by atoms with Crippen molar-refractivity contribution in [3.05, 3.63) is 35.5 Å². The number of nitrogens with one attached hydrogen (secondary N) is 2. The van der Waals surface area contributed by atoms with E-state index in [1.54, 1.807) is 6.20 Å². The van der Waals surface area contributed by atoms with Crippen LogP contribution in [0.25, 0.3) is 0 Å². The Morgan fingerprint density at radius 3 is 2.77 bits per heavy atom. The van der Waals surface area contributed by atoms with E-state index in [2.05, 4.69) is 51.2 Å². The van der Waals surface area contributed by atoms with Crippen LogP contribution in [0.5, 0.6) is 0 Å². The second-order valence-corrected chi connectivity index (χ2v) is 10.1. The van der Waals surface area contributed by atoms with Gasteiger partial charge in [-0.05, 0) is 55.1 Å². The summed E-state index contributed by atoms with van der Waals surface area (Å²) >= 11 is 0. The molecule has 2 aromatic heterocycles. The van der Waals surface area contributed by atoms with Crippen LogP contribution in [-0.2, 0) is 19.5 Å². The minimum absolute atomic E-state index is 0.0508. The fraction of sp³-hybridized carbons (Fsp3) is 0.652. The Morgan fingerprint density at radius 2 is 2.00 bits per heavy atom. The fourth-order valence-electron chi connectivity index (χ4n) is 5.17. The number of rotatable bonds is 6. The molecule has 0 radical (unpaired) electrons. The van der Waals surface area contributed by atoms with E-state index in [0.717, 1.165) is 36.9 Å². The fourth-order valence-corrected chi connectivity index (χ4v) is 5.17. The van der Waals surface area contributed by atoms with Crippen molar-refractivity contribution in [3.63, 3.8) is 0 Å². The minimum Gasteiger partial charge on any atom is -0.363 e. The molecule has 0 spiro atoms. The first kappa shape index (κ1) is 20.8. The largest absolute Gasteiger partial charge is 0.363 e. The molecule has 1 aliphatic carbocycles. The molecule has 1 unspecified atom stereocenters. The molecule has 4 rings (SSSR count). The second kappa shape index (κ2) is 8.36. The zero-order chi connectivity index (χ0) is 21.2. The lowest BCUT2D eigenvalue weighted by atomic mass is 9.64. The van der Waals surface area contributed by atoms with Crippen molar-refractivity contribution in [2.24, 2.45) is 10.8 Å². The molecule has 7 heteroatoms. The highest BCUT2D eigenvalue weighted by atomic mass is 16.1. The lowest BCUT2D eigenvalue weighted by Gasteiger charge is -2.43. The molecule has 1 amide bonds. The highest BCUT2D eigenvalue weighted by molar-refractivity contribution is 5.94. The van der Waals surface area contributed by atoms with E-state index in [1.807, 2.05) is 12.1 Å². The normalized spacial score (nSPS) is 22.9. The maximum Gasteiger partial charge on any atom is 0.252 e. The lowest BCUT2D eigenvalue weighted by molar-refractivity contribution is 0.0805. The first-order valence-electron chi connectivity index (χ1n) is 11.2. The quantitative estimate of drug-likeness (QED) is 0.753. The molecule has 1 atom stereocenters. The highest BCUT2D eigenvalue weighted by Crippen LogP contribution is 2.45. The monoisotopic (exact) mass is 410 g/mol. The van der Waals surface area contributed by atoms with Crippen molar-refractivity contribution < 1.29 is 4.79 Å². The summed E-state index contributed by atoms with van der Waals surface area (Å²) in [6.45, 7) is 9.24. The number of carbonyl (C=O) groups is 1. The van der Waals surface area contributed by atoms with Crippen molar-refractivity contribution >= 4 is 11.7 Å². The number of amides is 1. The van der Waals surface area contributed by atoms with Crippen molar-refractivity contribution in [1.29, 1.82) is 0 Å². The third-order valence-electron chi connectivity index (χ3n) is 6.60. The van der Waals surface area contributed by atoms with Crippen LogP contribution in [0.2, 0.25) is 0 Å². The summed E-state index contributed by atoms with van der Waals surface area (Å²) < 4.78 is 2.20. The first-order valence-corrected chi connectivity index (χ1v) is 11.2. The molecule has 2 N–H and O–H groups in total. The summed E-state index contributed by atoms with van der Waals surface area (Å²) in [4.78, 5) is 17.0. The van der Waals surface area contributed by atoms with Gasteiger partial charge in [0.2, 0.25) is 0 Å². The average Bonchev–Trinajstić information content (AvgIpc) is 3.13. The highest BCUT2D eigenvalue weighted by Gasteiger charge is 2.36. The predicted molar refractivity (Wildman–Crippen MR) is 117 cm³/mol.